The van der Waals surface area contributed by atoms with Gasteiger partial charge in [-0.1, -0.05) is 25.0 Å². The van der Waals surface area contributed by atoms with Crippen molar-refractivity contribution in [2.75, 3.05) is 26.8 Å². The van der Waals surface area contributed by atoms with Gasteiger partial charge in [0, 0.05) is 7.11 Å². The Morgan fingerprint density at radius 3 is 2.69 bits per heavy atom. The number of ether oxygens (including phenoxy) is 1. The van der Waals surface area contributed by atoms with Crippen LogP contribution in [0, 0.1) is 11.3 Å². The number of likely N-dealkylation sites (tertiary alicyclic amines) is 1. The van der Waals surface area contributed by atoms with Crippen LogP contribution in [0.4, 0.5) is 0 Å². The van der Waals surface area contributed by atoms with E-state index in [1.165, 1.54) is 25.7 Å². The predicted molar refractivity (Wildman–Crippen MR) is 92.7 cm³/mol. The molecule has 1 aromatic heterocycles. The smallest absolute Gasteiger partial charge is 0.173 e. The number of halogens is 1. The fraction of sp³-hybridized carbons (Fsp3) is 0.556. The van der Waals surface area contributed by atoms with Crippen molar-refractivity contribution in [1.82, 2.24) is 25.1 Å². The third-order valence-electron chi connectivity index (χ3n) is 4.65. The Labute approximate surface area is 160 Å². The van der Waals surface area contributed by atoms with Crippen molar-refractivity contribution < 1.29 is 17.1 Å². The van der Waals surface area contributed by atoms with E-state index in [0.29, 0.717) is 18.7 Å². The molecule has 0 N–H and O–H groups in total. The molecule has 1 aliphatic rings. The maximum Gasteiger partial charge on any atom is 0.173 e. The van der Waals surface area contributed by atoms with Crippen LogP contribution in [-0.2, 0) is 11.3 Å². The van der Waals surface area contributed by atoms with E-state index in [2.05, 4.69) is 32.6 Å². The van der Waals surface area contributed by atoms with Gasteiger partial charge in [0.05, 0.1) is 30.8 Å². The molecular weight excluding hydrogens is 352 g/mol. The monoisotopic (exact) mass is 375 g/mol. The number of hydrogen-bond acceptors (Lipinski definition) is 6. The maximum absolute atomic E-state index is 9.27. The summed E-state index contributed by atoms with van der Waals surface area (Å²) in [7, 11) is 1.67. The van der Waals surface area contributed by atoms with E-state index in [9.17, 15) is 5.26 Å². The van der Waals surface area contributed by atoms with Gasteiger partial charge in [0.15, 0.2) is 5.82 Å². The first-order chi connectivity index (χ1) is 12.3. The van der Waals surface area contributed by atoms with Crippen molar-refractivity contribution in [3.05, 3.63) is 41.2 Å². The number of aromatic nitrogens is 4. The number of nitriles is 1. The Bertz CT molecular complexity index is 720. The number of methoxy groups -OCH3 is 1. The van der Waals surface area contributed by atoms with Gasteiger partial charge in [-0.25, -0.2) is 4.68 Å². The average molecular weight is 376 g/mol. The van der Waals surface area contributed by atoms with Gasteiger partial charge in [-0.15, -0.1) is 5.10 Å². The molecule has 0 spiro atoms. The molecule has 3 rings (SSSR count). The number of tetrazole rings is 1. The molecule has 26 heavy (non-hydrogen) atoms. The lowest BCUT2D eigenvalue weighted by Crippen LogP contribution is -3.00. The summed E-state index contributed by atoms with van der Waals surface area (Å²) in [5.74, 6) is 0.814. The third-order valence-corrected chi connectivity index (χ3v) is 4.65. The van der Waals surface area contributed by atoms with Crippen LogP contribution in [0.1, 0.15) is 48.7 Å². The van der Waals surface area contributed by atoms with Gasteiger partial charge < -0.3 is 17.1 Å². The molecular formula is C18H24ClN6O-. The maximum atomic E-state index is 9.27. The molecule has 1 aliphatic heterocycles. The molecule has 140 valence electrons. The molecule has 0 amide bonds. The van der Waals surface area contributed by atoms with Gasteiger partial charge in [0.2, 0.25) is 0 Å². The second-order valence-electron chi connectivity index (χ2n) is 6.34. The van der Waals surface area contributed by atoms with Gasteiger partial charge in [-0.05, 0) is 54.1 Å². The van der Waals surface area contributed by atoms with E-state index in [1.807, 2.05) is 22.9 Å². The number of benzene rings is 1. The highest BCUT2D eigenvalue weighted by Gasteiger charge is 2.28. The van der Waals surface area contributed by atoms with Crippen LogP contribution < -0.4 is 12.4 Å². The molecule has 0 saturated carbocycles. The highest BCUT2D eigenvalue weighted by Crippen LogP contribution is 2.29. The molecule has 2 heterocycles. The van der Waals surface area contributed by atoms with Crippen LogP contribution >= 0.6 is 0 Å². The Kier molecular flexibility index (Phi) is 7.98. The van der Waals surface area contributed by atoms with Crippen LogP contribution in [0.25, 0.3) is 0 Å². The van der Waals surface area contributed by atoms with Gasteiger partial charge in [0.25, 0.3) is 0 Å². The highest BCUT2D eigenvalue weighted by atomic mass is 35.5. The Morgan fingerprint density at radius 2 is 2.00 bits per heavy atom. The van der Waals surface area contributed by atoms with E-state index in [4.69, 9.17) is 4.74 Å². The molecule has 1 unspecified atom stereocenters. The van der Waals surface area contributed by atoms with Crippen LogP contribution in [0.2, 0.25) is 0 Å². The van der Waals surface area contributed by atoms with Gasteiger partial charge in [-0.3, -0.25) is 4.90 Å². The van der Waals surface area contributed by atoms with E-state index in [1.54, 1.807) is 7.11 Å². The molecule has 0 bridgehead atoms. The summed E-state index contributed by atoms with van der Waals surface area (Å²) in [6, 6.07) is 9.96. The SMILES string of the molecule is COCCn1nnnc1C(c1cccc(C#N)c1)N1CCCCCC1.[Cl-]. The fourth-order valence-electron chi connectivity index (χ4n) is 3.40. The zero-order valence-electron chi connectivity index (χ0n) is 15.0. The second-order valence-corrected chi connectivity index (χ2v) is 6.34. The molecule has 1 aromatic carbocycles. The van der Waals surface area contributed by atoms with Crippen LogP contribution in [0.5, 0.6) is 0 Å². The highest BCUT2D eigenvalue weighted by molar-refractivity contribution is 5.36. The predicted octanol–water partition coefficient (Wildman–Crippen LogP) is -0.839. The lowest BCUT2D eigenvalue weighted by molar-refractivity contribution is -0.00000595. The fourth-order valence-corrected chi connectivity index (χ4v) is 3.40. The number of rotatable bonds is 6. The zero-order chi connectivity index (χ0) is 17.5. The van der Waals surface area contributed by atoms with Gasteiger partial charge >= 0.3 is 0 Å². The van der Waals surface area contributed by atoms with Crippen LogP contribution in [0.15, 0.2) is 24.3 Å². The minimum atomic E-state index is -0.0433. The van der Waals surface area contributed by atoms with E-state index < -0.39 is 0 Å². The normalized spacial score (nSPS) is 16.3. The first-order valence-corrected chi connectivity index (χ1v) is 8.82. The average Bonchev–Trinajstić information content (AvgIpc) is 2.93. The first-order valence-electron chi connectivity index (χ1n) is 8.82. The zero-order valence-corrected chi connectivity index (χ0v) is 15.8. The van der Waals surface area contributed by atoms with Crippen LogP contribution in [-0.4, -0.2) is 51.9 Å². The van der Waals surface area contributed by atoms with Crippen molar-refractivity contribution in [3.63, 3.8) is 0 Å². The summed E-state index contributed by atoms with van der Waals surface area (Å²) in [6.07, 6.45) is 4.87. The summed E-state index contributed by atoms with van der Waals surface area (Å²) in [6.45, 7) is 3.20. The van der Waals surface area contributed by atoms with Gasteiger partial charge in [-0.2, -0.15) is 5.26 Å². The van der Waals surface area contributed by atoms with Crippen molar-refractivity contribution in [2.45, 2.75) is 38.3 Å². The minimum absolute atomic E-state index is 0. The van der Waals surface area contributed by atoms with Crippen molar-refractivity contribution in [2.24, 2.45) is 0 Å². The van der Waals surface area contributed by atoms with Crippen molar-refractivity contribution in [1.29, 1.82) is 5.26 Å². The molecule has 2 aromatic rings. The lowest BCUT2D eigenvalue weighted by Gasteiger charge is -2.30. The summed E-state index contributed by atoms with van der Waals surface area (Å²) < 4.78 is 7.00. The van der Waals surface area contributed by atoms with E-state index >= 15 is 0 Å². The molecule has 1 atom stereocenters. The van der Waals surface area contributed by atoms with E-state index in [0.717, 1.165) is 24.5 Å². The quantitative estimate of drug-likeness (QED) is 0.655. The third kappa shape index (κ3) is 4.79. The topological polar surface area (TPSA) is 79.9 Å². The summed E-state index contributed by atoms with van der Waals surface area (Å²) in [5, 5.41) is 21.6. The number of nitrogens with zero attached hydrogens (tertiary/aromatic N) is 6. The standard InChI is InChI=1S/C18H24N6O.ClH/c1-25-12-11-24-18(20-21-22-24)17(23-9-4-2-3-5-10-23)16-8-6-7-15(13-16)14-19;/h6-8,13,17H,2-5,9-12H2,1H3;1H/p-1. The van der Waals surface area contributed by atoms with Crippen molar-refractivity contribution in [3.8, 4) is 6.07 Å². The minimum Gasteiger partial charge on any atom is -1.00 e. The Balaban J connectivity index is 0.00000243. The second kappa shape index (κ2) is 10.2. The van der Waals surface area contributed by atoms with Crippen LogP contribution in [0.3, 0.4) is 0 Å². The largest absolute Gasteiger partial charge is 1.00 e. The van der Waals surface area contributed by atoms with E-state index in [-0.39, 0.29) is 18.4 Å². The molecule has 7 nitrogen and oxygen atoms in total. The lowest BCUT2D eigenvalue weighted by atomic mass is 10.0. The summed E-state index contributed by atoms with van der Waals surface area (Å²) >= 11 is 0. The molecule has 1 fully saturated rings. The number of hydrogen-bond donors (Lipinski definition) is 0. The molecule has 0 radical (unpaired) electrons. The molecule has 8 heteroatoms. The molecule has 1 saturated heterocycles. The Hall–Kier alpha value is -2.01. The van der Waals surface area contributed by atoms with Gasteiger partial charge in [0.1, 0.15) is 0 Å². The first kappa shape index (κ1) is 20.3. The molecule has 0 aliphatic carbocycles. The summed E-state index contributed by atoms with van der Waals surface area (Å²) in [5.41, 5.74) is 1.72. The summed E-state index contributed by atoms with van der Waals surface area (Å²) in [4.78, 5) is 2.44. The van der Waals surface area contributed by atoms with Crippen molar-refractivity contribution >= 4 is 0 Å². The Morgan fingerprint density at radius 1 is 1.23 bits per heavy atom.